The van der Waals surface area contributed by atoms with Crippen LogP contribution in [0.25, 0.3) is 0 Å². The molecule has 3 heteroatoms. The fourth-order valence-electron chi connectivity index (χ4n) is 0.778. The Morgan fingerprint density at radius 3 is 3.10 bits per heavy atom. The maximum atomic E-state index is 4.06. The maximum absolute atomic E-state index is 4.06. The minimum absolute atomic E-state index is 0.931. The zero-order valence-electron chi connectivity index (χ0n) is 6.12. The number of nitrogens with zero attached hydrogens (tertiary/aromatic N) is 3. The van der Waals surface area contributed by atoms with Gasteiger partial charge in [-0.05, 0) is 6.42 Å². The smallest absolute Gasteiger partial charge is 0.138 e. The highest BCUT2D eigenvalue weighted by Crippen LogP contribution is 1.95. The van der Waals surface area contributed by atoms with E-state index in [0.29, 0.717) is 0 Å². The average Bonchev–Trinajstić information content (AvgIpc) is 2.31. The van der Waals surface area contributed by atoms with E-state index in [9.17, 15) is 0 Å². The summed E-state index contributed by atoms with van der Waals surface area (Å²) in [5.74, 6) is 1.01. The minimum Gasteiger partial charge on any atom is -0.253 e. The van der Waals surface area contributed by atoms with Crippen molar-refractivity contribution in [1.82, 2.24) is 14.8 Å². The van der Waals surface area contributed by atoms with Crippen LogP contribution in [0.4, 0.5) is 0 Å². The van der Waals surface area contributed by atoms with E-state index in [-0.39, 0.29) is 0 Å². The molecule has 0 aliphatic heterocycles. The Balaban J connectivity index is 2.56. The molecule has 0 spiro atoms. The summed E-state index contributed by atoms with van der Waals surface area (Å²) < 4.78 is 1.78. The van der Waals surface area contributed by atoms with Crippen LogP contribution in [0.15, 0.2) is 19.0 Å². The van der Waals surface area contributed by atoms with Crippen LogP contribution in [0.1, 0.15) is 12.2 Å². The zero-order valence-corrected chi connectivity index (χ0v) is 6.12. The summed E-state index contributed by atoms with van der Waals surface area (Å²) in [6.45, 7) is 3.63. The second-order valence-corrected chi connectivity index (χ2v) is 2.13. The molecule has 0 aliphatic carbocycles. The highest BCUT2D eigenvalue weighted by atomic mass is 15.3. The molecule has 0 aliphatic rings. The predicted molar refractivity (Wildman–Crippen MR) is 39.5 cm³/mol. The molecule has 0 fully saturated rings. The monoisotopic (exact) mass is 137 g/mol. The summed E-state index contributed by atoms with van der Waals surface area (Å²) in [7, 11) is 1.89. The molecule has 0 N–H and O–H groups in total. The van der Waals surface area contributed by atoms with E-state index >= 15 is 0 Å². The lowest BCUT2D eigenvalue weighted by atomic mass is 10.3. The summed E-state index contributed by atoms with van der Waals surface area (Å²) in [6.07, 6.45) is 5.35. The Morgan fingerprint density at radius 1 is 1.80 bits per heavy atom. The van der Waals surface area contributed by atoms with Crippen LogP contribution in [-0.4, -0.2) is 14.8 Å². The summed E-state index contributed by atoms with van der Waals surface area (Å²) in [5.41, 5.74) is 0. The third-order valence-electron chi connectivity index (χ3n) is 1.38. The number of hydrogen-bond donors (Lipinski definition) is 0. The quantitative estimate of drug-likeness (QED) is 0.580. The Labute approximate surface area is 60.4 Å². The van der Waals surface area contributed by atoms with Gasteiger partial charge in [-0.15, -0.1) is 6.58 Å². The SMILES string of the molecule is C=CCCc1ncnn1C. The minimum atomic E-state index is 0.931. The van der Waals surface area contributed by atoms with Gasteiger partial charge in [0, 0.05) is 13.5 Å². The molecular weight excluding hydrogens is 126 g/mol. The predicted octanol–water partition coefficient (Wildman–Crippen LogP) is 0.934. The Morgan fingerprint density at radius 2 is 2.60 bits per heavy atom. The van der Waals surface area contributed by atoms with Crippen molar-refractivity contribution in [3.8, 4) is 0 Å². The van der Waals surface area contributed by atoms with E-state index in [1.807, 2.05) is 13.1 Å². The van der Waals surface area contributed by atoms with E-state index in [2.05, 4.69) is 16.7 Å². The third kappa shape index (κ3) is 1.43. The van der Waals surface area contributed by atoms with Crippen molar-refractivity contribution < 1.29 is 0 Å². The molecule has 0 saturated heterocycles. The van der Waals surface area contributed by atoms with E-state index in [1.54, 1.807) is 11.0 Å². The van der Waals surface area contributed by atoms with Crippen LogP contribution in [0.3, 0.4) is 0 Å². The lowest BCUT2D eigenvalue weighted by Gasteiger charge is -1.94. The fraction of sp³-hybridized carbons (Fsp3) is 0.429. The molecule has 0 unspecified atom stereocenters. The number of allylic oxidation sites excluding steroid dienone is 1. The molecule has 0 radical (unpaired) electrons. The molecule has 1 rings (SSSR count). The lowest BCUT2D eigenvalue weighted by Crippen LogP contribution is -1.98. The van der Waals surface area contributed by atoms with Crippen LogP contribution in [-0.2, 0) is 13.5 Å². The highest BCUT2D eigenvalue weighted by molar-refractivity contribution is 4.86. The molecule has 0 amide bonds. The Kier molecular flexibility index (Phi) is 2.20. The summed E-state index contributed by atoms with van der Waals surface area (Å²) >= 11 is 0. The van der Waals surface area contributed by atoms with Crippen molar-refractivity contribution in [3.63, 3.8) is 0 Å². The summed E-state index contributed by atoms with van der Waals surface area (Å²) in [4.78, 5) is 4.06. The zero-order chi connectivity index (χ0) is 7.40. The first kappa shape index (κ1) is 6.99. The molecular formula is C7H11N3. The lowest BCUT2D eigenvalue weighted by molar-refractivity contribution is 0.697. The van der Waals surface area contributed by atoms with Crippen LogP contribution in [0.5, 0.6) is 0 Å². The van der Waals surface area contributed by atoms with Crippen molar-refractivity contribution in [1.29, 1.82) is 0 Å². The van der Waals surface area contributed by atoms with Crippen LogP contribution in [0.2, 0.25) is 0 Å². The molecule has 0 atom stereocenters. The van der Waals surface area contributed by atoms with Crippen LogP contribution >= 0.6 is 0 Å². The van der Waals surface area contributed by atoms with E-state index < -0.39 is 0 Å². The molecule has 1 aromatic heterocycles. The van der Waals surface area contributed by atoms with Gasteiger partial charge < -0.3 is 0 Å². The first-order valence-electron chi connectivity index (χ1n) is 3.28. The number of aromatic nitrogens is 3. The topological polar surface area (TPSA) is 30.7 Å². The molecule has 10 heavy (non-hydrogen) atoms. The molecule has 0 aromatic carbocycles. The molecule has 0 saturated carbocycles. The second-order valence-electron chi connectivity index (χ2n) is 2.13. The highest BCUT2D eigenvalue weighted by Gasteiger charge is 1.96. The van der Waals surface area contributed by atoms with Crippen molar-refractivity contribution in [2.45, 2.75) is 12.8 Å². The molecule has 1 heterocycles. The Hall–Kier alpha value is -1.12. The van der Waals surface area contributed by atoms with Gasteiger partial charge in [0.1, 0.15) is 12.2 Å². The van der Waals surface area contributed by atoms with Crippen LogP contribution in [0, 0.1) is 0 Å². The number of hydrogen-bond acceptors (Lipinski definition) is 2. The second kappa shape index (κ2) is 3.15. The molecule has 3 nitrogen and oxygen atoms in total. The van der Waals surface area contributed by atoms with Crippen molar-refractivity contribution in [2.75, 3.05) is 0 Å². The first-order valence-corrected chi connectivity index (χ1v) is 3.28. The van der Waals surface area contributed by atoms with Gasteiger partial charge in [-0.1, -0.05) is 6.08 Å². The largest absolute Gasteiger partial charge is 0.253 e. The van der Waals surface area contributed by atoms with Crippen molar-refractivity contribution >= 4 is 0 Å². The normalized spacial score (nSPS) is 9.70. The summed E-state index contributed by atoms with van der Waals surface area (Å²) in [5, 5.41) is 3.94. The van der Waals surface area contributed by atoms with Gasteiger partial charge in [-0.2, -0.15) is 5.10 Å². The molecule has 54 valence electrons. The van der Waals surface area contributed by atoms with E-state index in [4.69, 9.17) is 0 Å². The maximum Gasteiger partial charge on any atom is 0.138 e. The average molecular weight is 137 g/mol. The Bertz CT molecular complexity index is 214. The van der Waals surface area contributed by atoms with Gasteiger partial charge in [0.2, 0.25) is 0 Å². The van der Waals surface area contributed by atoms with E-state index in [1.165, 1.54) is 0 Å². The van der Waals surface area contributed by atoms with Gasteiger partial charge in [0.25, 0.3) is 0 Å². The molecule has 0 bridgehead atoms. The van der Waals surface area contributed by atoms with Gasteiger partial charge >= 0.3 is 0 Å². The molecule has 1 aromatic rings. The summed E-state index contributed by atoms with van der Waals surface area (Å²) in [6, 6.07) is 0. The number of rotatable bonds is 3. The number of aryl methyl sites for hydroxylation is 2. The first-order chi connectivity index (χ1) is 4.84. The van der Waals surface area contributed by atoms with Gasteiger partial charge in [0.15, 0.2) is 0 Å². The fourth-order valence-corrected chi connectivity index (χ4v) is 0.778. The van der Waals surface area contributed by atoms with Crippen LogP contribution < -0.4 is 0 Å². The van der Waals surface area contributed by atoms with E-state index in [0.717, 1.165) is 18.7 Å². The van der Waals surface area contributed by atoms with Gasteiger partial charge in [0.05, 0.1) is 0 Å². The standard InChI is InChI=1S/C7H11N3/c1-3-4-5-7-8-6-9-10(7)2/h3,6H,1,4-5H2,2H3. The van der Waals surface area contributed by atoms with Crippen molar-refractivity contribution in [2.24, 2.45) is 7.05 Å². The van der Waals surface area contributed by atoms with Gasteiger partial charge in [-0.25, -0.2) is 4.98 Å². The van der Waals surface area contributed by atoms with Gasteiger partial charge in [-0.3, -0.25) is 4.68 Å². The van der Waals surface area contributed by atoms with Crippen molar-refractivity contribution in [3.05, 3.63) is 24.8 Å². The third-order valence-corrected chi connectivity index (χ3v) is 1.38.